The molecule has 10 heteroatoms. The average Bonchev–Trinajstić information content (AvgIpc) is 2.81. The minimum Gasteiger partial charge on any atom is -0.493 e. The first-order chi connectivity index (χ1) is 15.3. The van der Waals surface area contributed by atoms with Crippen molar-refractivity contribution in [1.29, 1.82) is 0 Å². The zero-order valence-corrected chi connectivity index (χ0v) is 19.8. The van der Waals surface area contributed by atoms with Crippen molar-refractivity contribution >= 4 is 27.5 Å². The number of methoxy groups -OCH3 is 3. The maximum atomic E-state index is 13.2. The van der Waals surface area contributed by atoms with Crippen LogP contribution < -0.4 is 19.5 Å². The number of sulfonamides is 1. The van der Waals surface area contributed by atoms with Gasteiger partial charge in [-0.15, -0.1) is 0 Å². The van der Waals surface area contributed by atoms with Crippen molar-refractivity contribution < 1.29 is 27.4 Å². The highest BCUT2D eigenvalue weighted by atomic mass is 35.5. The number of benzene rings is 2. The third kappa shape index (κ3) is 5.11. The number of carbonyl (C=O) groups excluding carboxylic acids is 1. The van der Waals surface area contributed by atoms with Crippen LogP contribution in [0.25, 0.3) is 0 Å². The molecule has 0 bridgehead atoms. The molecule has 8 nitrogen and oxygen atoms in total. The molecule has 174 valence electrons. The molecular weight excluding hydrogens is 456 g/mol. The van der Waals surface area contributed by atoms with Gasteiger partial charge in [-0.05, 0) is 54.8 Å². The maximum absolute atomic E-state index is 13.2. The third-order valence-corrected chi connectivity index (χ3v) is 7.54. The second kappa shape index (κ2) is 10.4. The van der Waals surface area contributed by atoms with Crippen LogP contribution in [0.2, 0.25) is 5.02 Å². The SMILES string of the molecule is COc1cc(CNC(=O)[C@H]2CCCCN2S(=O)(=O)c2ccc(Cl)cc2)cc(OC)c1OC. The molecule has 0 unspecified atom stereocenters. The van der Waals surface area contributed by atoms with Gasteiger partial charge in [0, 0.05) is 18.1 Å². The van der Waals surface area contributed by atoms with Gasteiger partial charge in [0.1, 0.15) is 6.04 Å². The van der Waals surface area contributed by atoms with Gasteiger partial charge >= 0.3 is 0 Å². The molecule has 0 aromatic heterocycles. The lowest BCUT2D eigenvalue weighted by Crippen LogP contribution is -2.51. The van der Waals surface area contributed by atoms with E-state index in [9.17, 15) is 13.2 Å². The van der Waals surface area contributed by atoms with Gasteiger partial charge in [-0.1, -0.05) is 18.0 Å². The summed E-state index contributed by atoms with van der Waals surface area (Å²) in [6.07, 6.45) is 1.92. The van der Waals surface area contributed by atoms with E-state index >= 15 is 0 Å². The zero-order valence-electron chi connectivity index (χ0n) is 18.3. The van der Waals surface area contributed by atoms with Gasteiger partial charge in [-0.3, -0.25) is 4.79 Å². The summed E-state index contributed by atoms with van der Waals surface area (Å²) in [7, 11) is 0.716. The van der Waals surface area contributed by atoms with Crippen molar-refractivity contribution in [3.05, 3.63) is 47.0 Å². The van der Waals surface area contributed by atoms with Crippen molar-refractivity contribution in [3.8, 4) is 17.2 Å². The lowest BCUT2D eigenvalue weighted by Gasteiger charge is -2.33. The fraction of sp³-hybridized carbons (Fsp3) is 0.409. The topological polar surface area (TPSA) is 94.2 Å². The number of amides is 1. The Hall–Kier alpha value is -2.49. The lowest BCUT2D eigenvalue weighted by molar-refractivity contribution is -0.125. The van der Waals surface area contributed by atoms with E-state index in [4.69, 9.17) is 25.8 Å². The first-order valence-corrected chi connectivity index (χ1v) is 12.0. The Kier molecular flexibility index (Phi) is 7.86. The summed E-state index contributed by atoms with van der Waals surface area (Å²) in [6, 6.07) is 8.66. The highest BCUT2D eigenvalue weighted by molar-refractivity contribution is 7.89. The lowest BCUT2D eigenvalue weighted by atomic mass is 10.0. The Morgan fingerprint density at radius 3 is 2.25 bits per heavy atom. The molecule has 1 aliphatic rings. The largest absolute Gasteiger partial charge is 0.493 e. The Labute approximate surface area is 193 Å². The van der Waals surface area contributed by atoms with E-state index in [2.05, 4.69) is 5.32 Å². The van der Waals surface area contributed by atoms with E-state index in [1.807, 2.05) is 0 Å². The van der Waals surface area contributed by atoms with Gasteiger partial charge in [-0.25, -0.2) is 8.42 Å². The molecule has 2 aromatic rings. The summed E-state index contributed by atoms with van der Waals surface area (Å²) in [5.74, 6) is 1.05. The molecule has 1 saturated heterocycles. The van der Waals surface area contributed by atoms with Crippen LogP contribution in [-0.4, -0.2) is 52.5 Å². The number of nitrogens with zero attached hydrogens (tertiary/aromatic N) is 1. The molecular formula is C22H27ClN2O6S. The number of hydrogen-bond donors (Lipinski definition) is 1. The van der Waals surface area contributed by atoms with E-state index in [0.29, 0.717) is 35.1 Å². The normalized spacial score (nSPS) is 16.9. The van der Waals surface area contributed by atoms with Crippen LogP contribution >= 0.6 is 11.6 Å². The van der Waals surface area contributed by atoms with Gasteiger partial charge < -0.3 is 19.5 Å². The maximum Gasteiger partial charge on any atom is 0.243 e. The predicted octanol–water partition coefficient (Wildman–Crippen LogP) is 3.23. The number of hydrogen-bond acceptors (Lipinski definition) is 6. The molecule has 1 heterocycles. The number of halogens is 1. The molecule has 1 fully saturated rings. The smallest absolute Gasteiger partial charge is 0.243 e. The highest BCUT2D eigenvalue weighted by Gasteiger charge is 2.37. The summed E-state index contributed by atoms with van der Waals surface area (Å²) in [4.78, 5) is 13.1. The van der Waals surface area contributed by atoms with Gasteiger partial charge in [0.05, 0.1) is 26.2 Å². The Bertz CT molecular complexity index is 1030. The number of carbonyl (C=O) groups is 1. The van der Waals surface area contributed by atoms with E-state index in [1.165, 1.54) is 49.9 Å². The Morgan fingerprint density at radius 2 is 1.69 bits per heavy atom. The molecule has 0 saturated carbocycles. The van der Waals surface area contributed by atoms with Crippen LogP contribution in [-0.2, 0) is 21.4 Å². The van der Waals surface area contributed by atoms with E-state index in [0.717, 1.165) is 12.0 Å². The molecule has 1 N–H and O–H groups in total. The van der Waals surface area contributed by atoms with Crippen molar-refractivity contribution in [3.63, 3.8) is 0 Å². The Morgan fingerprint density at radius 1 is 1.06 bits per heavy atom. The minimum absolute atomic E-state index is 0.117. The van der Waals surface area contributed by atoms with Crippen molar-refractivity contribution in [2.75, 3.05) is 27.9 Å². The van der Waals surface area contributed by atoms with Crippen LogP contribution in [0.5, 0.6) is 17.2 Å². The van der Waals surface area contributed by atoms with Gasteiger partial charge in [-0.2, -0.15) is 4.31 Å². The van der Waals surface area contributed by atoms with Crippen LogP contribution in [0, 0.1) is 0 Å². The first kappa shape index (κ1) is 24.2. The molecule has 1 aliphatic heterocycles. The molecule has 32 heavy (non-hydrogen) atoms. The number of piperidine rings is 1. The second-order valence-electron chi connectivity index (χ2n) is 7.33. The van der Waals surface area contributed by atoms with Crippen LogP contribution in [0.3, 0.4) is 0 Å². The van der Waals surface area contributed by atoms with E-state index in [-0.39, 0.29) is 23.9 Å². The molecule has 0 spiro atoms. The van der Waals surface area contributed by atoms with E-state index < -0.39 is 16.1 Å². The fourth-order valence-corrected chi connectivity index (χ4v) is 5.52. The Balaban J connectivity index is 1.78. The monoisotopic (exact) mass is 482 g/mol. The summed E-state index contributed by atoms with van der Waals surface area (Å²) < 4.78 is 43.7. The molecule has 1 amide bonds. The highest BCUT2D eigenvalue weighted by Crippen LogP contribution is 2.38. The van der Waals surface area contributed by atoms with Crippen molar-refractivity contribution in [2.24, 2.45) is 0 Å². The quantitative estimate of drug-likeness (QED) is 0.620. The standard InChI is InChI=1S/C22H27ClN2O6S/c1-29-19-12-15(13-20(30-2)21(19)31-3)14-24-22(26)18-6-4-5-11-25(18)32(27,28)17-9-7-16(23)8-10-17/h7-10,12-13,18H,4-6,11,14H2,1-3H3,(H,24,26)/t18-/m1/s1. The van der Waals surface area contributed by atoms with Crippen LogP contribution in [0.1, 0.15) is 24.8 Å². The summed E-state index contributed by atoms with van der Waals surface area (Å²) in [6.45, 7) is 0.466. The van der Waals surface area contributed by atoms with Crippen molar-refractivity contribution in [2.45, 2.75) is 36.7 Å². The average molecular weight is 483 g/mol. The third-order valence-electron chi connectivity index (χ3n) is 5.37. The number of nitrogens with one attached hydrogen (secondary N) is 1. The summed E-state index contributed by atoms with van der Waals surface area (Å²) >= 11 is 5.89. The minimum atomic E-state index is -3.83. The molecule has 0 aliphatic carbocycles. The number of ether oxygens (including phenoxy) is 3. The van der Waals surface area contributed by atoms with Gasteiger partial charge in [0.15, 0.2) is 11.5 Å². The zero-order chi connectivity index (χ0) is 23.3. The van der Waals surface area contributed by atoms with Gasteiger partial charge in [0.2, 0.25) is 21.7 Å². The predicted molar refractivity (Wildman–Crippen MR) is 121 cm³/mol. The van der Waals surface area contributed by atoms with Crippen molar-refractivity contribution in [1.82, 2.24) is 9.62 Å². The second-order valence-corrected chi connectivity index (χ2v) is 9.66. The first-order valence-electron chi connectivity index (χ1n) is 10.2. The van der Waals surface area contributed by atoms with Crippen LogP contribution in [0.15, 0.2) is 41.3 Å². The summed E-state index contributed by atoms with van der Waals surface area (Å²) in [5.41, 5.74) is 0.732. The summed E-state index contributed by atoms with van der Waals surface area (Å²) in [5, 5.41) is 3.30. The van der Waals surface area contributed by atoms with Crippen LogP contribution in [0.4, 0.5) is 0 Å². The molecule has 1 atom stereocenters. The van der Waals surface area contributed by atoms with E-state index in [1.54, 1.807) is 12.1 Å². The number of rotatable bonds is 8. The molecule has 0 radical (unpaired) electrons. The molecule has 3 rings (SSSR count). The van der Waals surface area contributed by atoms with Gasteiger partial charge in [0.25, 0.3) is 0 Å². The fourth-order valence-electron chi connectivity index (χ4n) is 3.74. The molecule has 2 aromatic carbocycles.